The maximum absolute atomic E-state index is 11.5. The molecule has 2 aromatic rings. The highest BCUT2D eigenvalue weighted by atomic mass is 16.5. The number of hydrogen-bond donors (Lipinski definition) is 2. The summed E-state index contributed by atoms with van der Waals surface area (Å²) < 4.78 is 5.08. The van der Waals surface area contributed by atoms with Gasteiger partial charge in [-0.05, 0) is 12.0 Å². The van der Waals surface area contributed by atoms with Crippen LogP contribution in [-0.2, 0) is 11.3 Å². The molecule has 0 aliphatic rings. The Morgan fingerprint density at radius 3 is 2.82 bits per heavy atom. The number of aromatic nitrogens is 1. The van der Waals surface area contributed by atoms with Crippen LogP contribution < -0.4 is 10.7 Å². The summed E-state index contributed by atoms with van der Waals surface area (Å²) in [6.45, 7) is 0.705. The fraction of sp³-hybridized carbons (Fsp3) is 0.176. The number of hydrogen-bond acceptors (Lipinski definition) is 3. The molecule has 0 radical (unpaired) electrons. The number of amides is 1. The topological polar surface area (TPSA) is 71.2 Å². The molecule has 0 aliphatic heterocycles. The van der Waals surface area contributed by atoms with E-state index in [1.165, 1.54) is 6.07 Å². The predicted octanol–water partition coefficient (Wildman–Crippen LogP) is 2.70. The second-order valence-corrected chi connectivity index (χ2v) is 4.64. The number of H-pyrrole nitrogens is 1. The molecule has 0 unspecified atom stereocenters. The van der Waals surface area contributed by atoms with E-state index >= 15 is 0 Å². The van der Waals surface area contributed by atoms with Crippen LogP contribution in [0.3, 0.4) is 0 Å². The molecule has 1 aromatic heterocycles. The molecule has 0 fully saturated rings. The fourth-order valence-corrected chi connectivity index (χ4v) is 1.80. The average Bonchev–Trinajstić information content (AvgIpc) is 2.55. The second-order valence-electron chi connectivity index (χ2n) is 4.64. The number of carbonyl (C=O) groups excluding carboxylic acids is 1. The van der Waals surface area contributed by atoms with Crippen molar-refractivity contribution >= 4 is 12.2 Å². The summed E-state index contributed by atoms with van der Waals surface area (Å²) in [4.78, 5) is 25.8. The third kappa shape index (κ3) is 5.28. The first kappa shape index (κ1) is 15.6. The van der Waals surface area contributed by atoms with Gasteiger partial charge >= 0.3 is 6.09 Å². The molecule has 1 heterocycles. The van der Waals surface area contributed by atoms with Gasteiger partial charge < -0.3 is 15.0 Å². The molecule has 5 heteroatoms. The van der Waals surface area contributed by atoms with Crippen LogP contribution in [0.4, 0.5) is 4.79 Å². The zero-order chi connectivity index (χ0) is 15.6. The number of aromatic amines is 1. The van der Waals surface area contributed by atoms with Crippen LogP contribution in [0, 0.1) is 0 Å². The van der Waals surface area contributed by atoms with Crippen molar-refractivity contribution in [2.45, 2.75) is 13.0 Å². The van der Waals surface area contributed by atoms with Crippen molar-refractivity contribution in [3.8, 4) is 0 Å². The van der Waals surface area contributed by atoms with Gasteiger partial charge in [-0.25, -0.2) is 4.79 Å². The molecular weight excluding hydrogens is 280 g/mol. The zero-order valence-electron chi connectivity index (χ0n) is 12.1. The molecule has 0 saturated heterocycles. The van der Waals surface area contributed by atoms with E-state index in [1.807, 2.05) is 36.4 Å². The van der Waals surface area contributed by atoms with E-state index in [-0.39, 0.29) is 12.0 Å². The van der Waals surface area contributed by atoms with Crippen molar-refractivity contribution in [2.24, 2.45) is 0 Å². The molecule has 5 nitrogen and oxygen atoms in total. The third-order valence-electron chi connectivity index (χ3n) is 2.94. The lowest BCUT2D eigenvalue weighted by molar-refractivity contribution is 0.140. The smallest absolute Gasteiger partial charge is 0.407 e. The number of ether oxygens (including phenoxy) is 1. The van der Waals surface area contributed by atoms with Gasteiger partial charge in [0.25, 0.3) is 0 Å². The summed E-state index contributed by atoms with van der Waals surface area (Å²) in [5.41, 5.74) is 1.50. The maximum Gasteiger partial charge on any atom is 0.407 e. The minimum absolute atomic E-state index is 0.0368. The Kier molecular flexibility index (Phi) is 5.99. The molecule has 0 bridgehead atoms. The highest BCUT2D eigenvalue weighted by molar-refractivity contribution is 5.67. The van der Waals surface area contributed by atoms with Gasteiger partial charge in [0.15, 0.2) is 5.43 Å². The van der Waals surface area contributed by atoms with E-state index < -0.39 is 6.09 Å². The Bertz CT molecular complexity index is 678. The third-order valence-corrected chi connectivity index (χ3v) is 2.94. The van der Waals surface area contributed by atoms with Gasteiger partial charge in [0.2, 0.25) is 0 Å². The lowest BCUT2D eigenvalue weighted by Gasteiger charge is -2.05. The SMILES string of the molecule is O=C(NCCC=Cc1c[nH]ccc1=O)OCc1ccccc1. The fourth-order valence-electron chi connectivity index (χ4n) is 1.80. The summed E-state index contributed by atoms with van der Waals surface area (Å²) in [5.74, 6) is 0. The van der Waals surface area contributed by atoms with E-state index in [1.54, 1.807) is 18.5 Å². The minimum Gasteiger partial charge on any atom is -0.445 e. The van der Waals surface area contributed by atoms with E-state index in [9.17, 15) is 9.59 Å². The van der Waals surface area contributed by atoms with E-state index in [0.29, 0.717) is 18.5 Å². The Hall–Kier alpha value is -2.82. The van der Waals surface area contributed by atoms with Crippen LogP contribution in [0.15, 0.2) is 59.7 Å². The van der Waals surface area contributed by atoms with Crippen molar-refractivity contribution in [3.05, 3.63) is 76.2 Å². The summed E-state index contributed by atoms with van der Waals surface area (Å²) in [6, 6.07) is 11.0. The minimum atomic E-state index is -0.449. The molecule has 0 spiro atoms. The lowest BCUT2D eigenvalue weighted by atomic mass is 10.2. The normalized spacial score (nSPS) is 10.5. The number of nitrogens with one attached hydrogen (secondary N) is 2. The molecule has 1 aromatic carbocycles. The van der Waals surface area contributed by atoms with Gasteiger partial charge in [-0.2, -0.15) is 0 Å². The summed E-state index contributed by atoms with van der Waals surface area (Å²) in [7, 11) is 0. The number of carbonyl (C=O) groups is 1. The van der Waals surface area contributed by atoms with Crippen molar-refractivity contribution < 1.29 is 9.53 Å². The van der Waals surface area contributed by atoms with Gasteiger partial charge in [-0.3, -0.25) is 4.79 Å². The summed E-state index contributed by atoms with van der Waals surface area (Å²) in [5, 5.41) is 2.66. The van der Waals surface area contributed by atoms with Gasteiger partial charge in [-0.15, -0.1) is 0 Å². The summed E-state index contributed by atoms with van der Waals surface area (Å²) in [6.07, 6.45) is 6.96. The number of pyridine rings is 1. The van der Waals surface area contributed by atoms with Crippen LogP contribution >= 0.6 is 0 Å². The Morgan fingerprint density at radius 1 is 1.23 bits per heavy atom. The van der Waals surface area contributed by atoms with Crippen LogP contribution in [0.2, 0.25) is 0 Å². The van der Waals surface area contributed by atoms with Gasteiger partial charge in [0, 0.05) is 30.6 Å². The van der Waals surface area contributed by atoms with Gasteiger partial charge in [0.1, 0.15) is 6.61 Å². The quantitative estimate of drug-likeness (QED) is 0.805. The van der Waals surface area contributed by atoms with Crippen molar-refractivity contribution in [1.82, 2.24) is 10.3 Å². The number of alkyl carbamates (subject to hydrolysis) is 1. The van der Waals surface area contributed by atoms with Crippen LogP contribution in [0.5, 0.6) is 0 Å². The van der Waals surface area contributed by atoms with Crippen LogP contribution in [-0.4, -0.2) is 17.6 Å². The lowest BCUT2D eigenvalue weighted by Crippen LogP contribution is -2.24. The second kappa shape index (κ2) is 8.46. The molecule has 22 heavy (non-hydrogen) atoms. The standard InChI is InChI=1S/C17H18N2O3/c20-16-9-11-18-12-15(16)8-4-5-10-19-17(21)22-13-14-6-2-1-3-7-14/h1-4,6-9,11-12H,5,10,13H2,(H,18,20)(H,19,21). The Balaban J connectivity index is 1.65. The molecule has 2 N–H and O–H groups in total. The number of benzene rings is 1. The molecule has 1 amide bonds. The molecule has 2 rings (SSSR count). The van der Waals surface area contributed by atoms with Crippen LogP contribution in [0.1, 0.15) is 17.5 Å². The average molecular weight is 298 g/mol. The van der Waals surface area contributed by atoms with E-state index in [2.05, 4.69) is 10.3 Å². The number of rotatable bonds is 6. The van der Waals surface area contributed by atoms with Crippen molar-refractivity contribution in [2.75, 3.05) is 6.54 Å². The predicted molar refractivity (Wildman–Crippen MR) is 85.3 cm³/mol. The molecule has 0 atom stereocenters. The van der Waals surface area contributed by atoms with Gasteiger partial charge in [-0.1, -0.05) is 42.5 Å². The monoisotopic (exact) mass is 298 g/mol. The Labute approximate surface area is 128 Å². The van der Waals surface area contributed by atoms with E-state index in [0.717, 1.165) is 5.56 Å². The first-order valence-corrected chi connectivity index (χ1v) is 7.04. The van der Waals surface area contributed by atoms with Crippen molar-refractivity contribution in [3.63, 3.8) is 0 Å². The molecule has 0 saturated carbocycles. The highest BCUT2D eigenvalue weighted by Crippen LogP contribution is 2.00. The molecule has 114 valence electrons. The maximum atomic E-state index is 11.5. The Morgan fingerprint density at radius 2 is 2.05 bits per heavy atom. The first-order valence-electron chi connectivity index (χ1n) is 7.04. The largest absolute Gasteiger partial charge is 0.445 e. The van der Waals surface area contributed by atoms with Crippen LogP contribution in [0.25, 0.3) is 6.08 Å². The highest BCUT2D eigenvalue weighted by Gasteiger charge is 2.00. The van der Waals surface area contributed by atoms with Gasteiger partial charge in [0.05, 0.1) is 0 Å². The first-order chi connectivity index (χ1) is 10.8. The molecular formula is C17H18N2O3. The van der Waals surface area contributed by atoms with Crippen molar-refractivity contribution in [1.29, 1.82) is 0 Å². The van der Waals surface area contributed by atoms with E-state index in [4.69, 9.17) is 4.74 Å². The summed E-state index contributed by atoms with van der Waals surface area (Å²) >= 11 is 0. The zero-order valence-corrected chi connectivity index (χ0v) is 12.1. The molecule has 0 aliphatic carbocycles.